The molecule has 7 heteroatoms. The van der Waals surface area contributed by atoms with Crippen LogP contribution >= 0.6 is 0 Å². The first-order chi connectivity index (χ1) is 16.6. The molecule has 1 aliphatic rings. The molecule has 1 aromatic heterocycles. The number of nitrogens with zero attached hydrogens (tertiary/aromatic N) is 2. The monoisotopic (exact) mass is 474 g/mol. The zero-order chi connectivity index (χ0) is 23.4. The Morgan fingerprint density at radius 1 is 0.912 bits per heavy atom. The molecule has 4 aromatic rings. The summed E-state index contributed by atoms with van der Waals surface area (Å²) in [5.74, 6) is 0. The molecular weight excluding hydrogens is 448 g/mol. The molecule has 0 bridgehead atoms. The van der Waals surface area contributed by atoms with E-state index in [1.54, 1.807) is 24.4 Å². The molecule has 0 saturated carbocycles. The van der Waals surface area contributed by atoms with Crippen molar-refractivity contribution in [3.63, 3.8) is 0 Å². The fourth-order valence-electron chi connectivity index (χ4n) is 4.25. The van der Waals surface area contributed by atoms with Crippen LogP contribution in [0.15, 0.2) is 96.0 Å². The first-order valence-electron chi connectivity index (χ1n) is 11.2. The molecule has 1 atom stereocenters. The number of para-hydroxylation sites is 1. The lowest BCUT2D eigenvalue weighted by Gasteiger charge is -2.33. The van der Waals surface area contributed by atoms with Gasteiger partial charge < -0.3 is 9.47 Å². The molecule has 3 aromatic carbocycles. The molecule has 6 nitrogen and oxygen atoms in total. The standard InChI is InChI=1S/C27H26N2O4S/c30-34(31,26-14-6-12-22-13-7-15-28-27(22)26)29-16-23-10-4-5-11-24(23)18-33-20-25(29)19-32-17-21-8-2-1-3-9-21/h1-15,25H,16-20H2. The van der Waals surface area contributed by atoms with Crippen LogP contribution in [0.25, 0.3) is 10.9 Å². The Labute approximate surface area is 199 Å². The molecule has 0 N–H and O–H groups in total. The van der Waals surface area contributed by atoms with Crippen LogP contribution in [0.2, 0.25) is 0 Å². The molecule has 0 aliphatic carbocycles. The van der Waals surface area contributed by atoms with E-state index in [-0.39, 0.29) is 24.7 Å². The van der Waals surface area contributed by atoms with Gasteiger partial charge in [-0.1, -0.05) is 72.8 Å². The molecule has 1 aliphatic heterocycles. The smallest absolute Gasteiger partial charge is 0.245 e. The molecule has 1 unspecified atom stereocenters. The minimum Gasteiger partial charge on any atom is -0.375 e. The van der Waals surface area contributed by atoms with Gasteiger partial charge in [-0.2, -0.15) is 4.31 Å². The Kier molecular flexibility index (Phi) is 6.69. The van der Waals surface area contributed by atoms with E-state index in [4.69, 9.17) is 9.47 Å². The van der Waals surface area contributed by atoms with E-state index >= 15 is 0 Å². The highest BCUT2D eigenvalue weighted by atomic mass is 32.2. The summed E-state index contributed by atoms with van der Waals surface area (Å²) >= 11 is 0. The summed E-state index contributed by atoms with van der Waals surface area (Å²) in [6.07, 6.45) is 1.62. The Morgan fingerprint density at radius 3 is 2.53 bits per heavy atom. The van der Waals surface area contributed by atoms with Crippen molar-refractivity contribution in [1.29, 1.82) is 0 Å². The third-order valence-corrected chi connectivity index (χ3v) is 7.95. The van der Waals surface area contributed by atoms with Crippen LogP contribution in [0.3, 0.4) is 0 Å². The third kappa shape index (κ3) is 4.74. The van der Waals surface area contributed by atoms with Gasteiger partial charge in [0.25, 0.3) is 0 Å². The quantitative estimate of drug-likeness (QED) is 0.410. The van der Waals surface area contributed by atoms with E-state index in [2.05, 4.69) is 4.98 Å². The van der Waals surface area contributed by atoms with E-state index < -0.39 is 16.1 Å². The molecule has 0 amide bonds. The molecule has 0 radical (unpaired) electrons. The average molecular weight is 475 g/mol. The van der Waals surface area contributed by atoms with Gasteiger partial charge in [0.15, 0.2) is 0 Å². The molecule has 5 rings (SSSR count). The lowest BCUT2D eigenvalue weighted by atomic mass is 10.1. The summed E-state index contributed by atoms with van der Waals surface area (Å²) in [6.45, 7) is 1.53. The molecule has 34 heavy (non-hydrogen) atoms. The van der Waals surface area contributed by atoms with Crippen molar-refractivity contribution in [3.8, 4) is 0 Å². The first kappa shape index (κ1) is 22.7. The van der Waals surface area contributed by atoms with E-state index in [0.29, 0.717) is 18.7 Å². The Hall–Kier alpha value is -3.10. The van der Waals surface area contributed by atoms with Gasteiger partial charge in [-0.3, -0.25) is 4.98 Å². The molecule has 0 saturated heterocycles. The van der Waals surface area contributed by atoms with Crippen molar-refractivity contribution in [3.05, 3.63) is 108 Å². The number of aromatic nitrogens is 1. The van der Waals surface area contributed by atoms with Crippen LogP contribution < -0.4 is 0 Å². The Morgan fingerprint density at radius 2 is 1.68 bits per heavy atom. The van der Waals surface area contributed by atoms with Crippen LogP contribution in [0.5, 0.6) is 0 Å². The van der Waals surface area contributed by atoms with Gasteiger partial charge >= 0.3 is 0 Å². The summed E-state index contributed by atoms with van der Waals surface area (Å²) in [5.41, 5.74) is 3.41. The largest absolute Gasteiger partial charge is 0.375 e. The van der Waals surface area contributed by atoms with Crippen LogP contribution in [0.1, 0.15) is 16.7 Å². The second-order valence-electron chi connectivity index (χ2n) is 8.32. The number of sulfonamides is 1. The average Bonchev–Trinajstić information content (AvgIpc) is 2.86. The summed E-state index contributed by atoms with van der Waals surface area (Å²) in [5, 5.41) is 0.782. The van der Waals surface area contributed by atoms with Crippen molar-refractivity contribution >= 4 is 20.9 Å². The fraction of sp³-hybridized carbons (Fsp3) is 0.222. The van der Waals surface area contributed by atoms with Gasteiger partial charge in [-0.05, 0) is 28.8 Å². The van der Waals surface area contributed by atoms with Crippen molar-refractivity contribution in [2.75, 3.05) is 13.2 Å². The van der Waals surface area contributed by atoms with Crippen LogP contribution in [-0.4, -0.2) is 37.0 Å². The summed E-state index contributed by atoms with van der Waals surface area (Å²) in [6, 6.07) is 26.1. The Balaban J connectivity index is 1.51. The number of hydrogen-bond acceptors (Lipinski definition) is 5. The van der Waals surface area contributed by atoms with Gasteiger partial charge in [0.05, 0.1) is 38.0 Å². The number of hydrogen-bond donors (Lipinski definition) is 0. The summed E-state index contributed by atoms with van der Waals surface area (Å²) in [7, 11) is -3.90. The zero-order valence-electron chi connectivity index (χ0n) is 18.7. The van der Waals surface area contributed by atoms with E-state index in [1.165, 1.54) is 4.31 Å². The van der Waals surface area contributed by atoms with Crippen LogP contribution in [-0.2, 0) is 39.3 Å². The van der Waals surface area contributed by atoms with Crippen molar-refractivity contribution in [1.82, 2.24) is 9.29 Å². The molecule has 0 fully saturated rings. The lowest BCUT2D eigenvalue weighted by Crippen LogP contribution is -2.46. The lowest BCUT2D eigenvalue weighted by molar-refractivity contribution is 0.0130. The van der Waals surface area contributed by atoms with Crippen LogP contribution in [0, 0.1) is 0 Å². The summed E-state index contributed by atoms with van der Waals surface area (Å²) in [4.78, 5) is 4.58. The number of rotatable bonds is 6. The second kappa shape index (κ2) is 10.0. The van der Waals surface area contributed by atoms with E-state index in [1.807, 2.05) is 66.7 Å². The minimum absolute atomic E-state index is 0.191. The van der Waals surface area contributed by atoms with E-state index in [9.17, 15) is 8.42 Å². The highest BCUT2D eigenvalue weighted by Crippen LogP contribution is 2.29. The predicted molar refractivity (Wildman–Crippen MR) is 130 cm³/mol. The second-order valence-corrected chi connectivity index (χ2v) is 10.2. The van der Waals surface area contributed by atoms with Gasteiger partial charge in [0.2, 0.25) is 10.0 Å². The maximum Gasteiger partial charge on any atom is 0.245 e. The number of ether oxygens (including phenoxy) is 2. The summed E-state index contributed by atoms with van der Waals surface area (Å²) < 4.78 is 41.7. The van der Waals surface area contributed by atoms with Gasteiger partial charge in [0.1, 0.15) is 4.90 Å². The van der Waals surface area contributed by atoms with E-state index in [0.717, 1.165) is 22.1 Å². The maximum atomic E-state index is 14.1. The topological polar surface area (TPSA) is 68.7 Å². The highest BCUT2D eigenvalue weighted by Gasteiger charge is 2.35. The predicted octanol–water partition coefficient (Wildman–Crippen LogP) is 4.54. The molecule has 174 valence electrons. The highest BCUT2D eigenvalue weighted by molar-refractivity contribution is 7.89. The van der Waals surface area contributed by atoms with Gasteiger partial charge in [-0.15, -0.1) is 0 Å². The van der Waals surface area contributed by atoms with Crippen LogP contribution in [0.4, 0.5) is 0 Å². The maximum absolute atomic E-state index is 14.1. The normalized spacial score (nSPS) is 17.1. The molecular formula is C27H26N2O4S. The number of fused-ring (bicyclic) bond motifs is 2. The van der Waals surface area contributed by atoms with Crippen molar-refractivity contribution in [2.45, 2.75) is 30.7 Å². The van der Waals surface area contributed by atoms with Crippen molar-refractivity contribution < 1.29 is 17.9 Å². The zero-order valence-corrected chi connectivity index (χ0v) is 19.5. The minimum atomic E-state index is -3.90. The molecule has 0 spiro atoms. The van der Waals surface area contributed by atoms with Gasteiger partial charge in [-0.25, -0.2) is 8.42 Å². The Bertz CT molecular complexity index is 1370. The van der Waals surface area contributed by atoms with Gasteiger partial charge in [0, 0.05) is 18.1 Å². The first-order valence-corrected chi connectivity index (χ1v) is 12.7. The number of pyridine rings is 1. The van der Waals surface area contributed by atoms with Crippen molar-refractivity contribution in [2.24, 2.45) is 0 Å². The third-order valence-electron chi connectivity index (χ3n) is 6.02. The fourth-order valence-corrected chi connectivity index (χ4v) is 5.99. The SMILES string of the molecule is O=S(=O)(c1cccc2cccnc12)N1Cc2ccccc2COCC1COCc1ccccc1. The number of benzene rings is 3. The molecule has 2 heterocycles.